The molecule has 0 aliphatic heterocycles. The maximum atomic E-state index is 12.1. The third-order valence-corrected chi connectivity index (χ3v) is 4.76. The van der Waals surface area contributed by atoms with Gasteiger partial charge in [-0.2, -0.15) is 0 Å². The second-order valence-corrected chi connectivity index (χ2v) is 7.10. The maximum absolute atomic E-state index is 12.1. The van der Waals surface area contributed by atoms with E-state index in [1.165, 1.54) is 11.3 Å². The van der Waals surface area contributed by atoms with Gasteiger partial charge in [0.2, 0.25) is 5.88 Å². The minimum absolute atomic E-state index is 0.207. The number of aromatic nitrogens is 4. The molecule has 1 N–H and O–H groups in total. The number of rotatable bonds is 5. The minimum Gasteiger partial charge on any atom is -0.438 e. The van der Waals surface area contributed by atoms with Gasteiger partial charge in [-0.3, -0.25) is 9.36 Å². The molecule has 0 radical (unpaired) electrons. The molecule has 0 saturated heterocycles. The van der Waals surface area contributed by atoms with Crippen LogP contribution in [0.4, 0.5) is 5.69 Å². The third-order valence-electron chi connectivity index (χ3n) is 3.53. The summed E-state index contributed by atoms with van der Waals surface area (Å²) in [5, 5.41) is 10.9. The lowest BCUT2D eigenvalue weighted by atomic mass is 10.3. The van der Waals surface area contributed by atoms with Gasteiger partial charge in [-0.15, -0.1) is 21.5 Å². The number of nitrogens with zero attached hydrogens (tertiary/aromatic N) is 4. The van der Waals surface area contributed by atoms with Gasteiger partial charge >= 0.3 is 0 Å². The Balaban J connectivity index is 1.39. The van der Waals surface area contributed by atoms with Crippen LogP contribution in [0.2, 0.25) is 4.34 Å². The molecule has 9 heteroatoms. The molecule has 4 rings (SSSR count). The normalized spacial score (nSPS) is 10.6. The number of hydrogen-bond acceptors (Lipinski definition) is 6. The van der Waals surface area contributed by atoms with Crippen LogP contribution in [-0.4, -0.2) is 25.7 Å². The fourth-order valence-corrected chi connectivity index (χ4v) is 3.19. The predicted molar refractivity (Wildman–Crippen MR) is 103 cm³/mol. The van der Waals surface area contributed by atoms with E-state index in [-0.39, 0.29) is 5.91 Å². The Morgan fingerprint density at radius 3 is 2.56 bits per heavy atom. The molecule has 0 spiro atoms. The highest BCUT2D eigenvalue weighted by atomic mass is 35.5. The first-order valence-electron chi connectivity index (χ1n) is 7.84. The number of nitrogens with one attached hydrogen (secondary N) is 1. The molecule has 0 bridgehead atoms. The molecule has 27 heavy (non-hydrogen) atoms. The van der Waals surface area contributed by atoms with Crippen molar-refractivity contribution in [1.29, 1.82) is 0 Å². The Labute approximate surface area is 163 Å². The number of benzene rings is 1. The summed E-state index contributed by atoms with van der Waals surface area (Å²) in [6.45, 7) is 0. The Kier molecular flexibility index (Phi) is 4.82. The van der Waals surface area contributed by atoms with E-state index in [9.17, 15) is 4.79 Å². The number of carbonyl (C=O) groups is 1. The van der Waals surface area contributed by atoms with E-state index in [2.05, 4.69) is 20.5 Å². The average Bonchev–Trinajstić information content (AvgIpc) is 3.36. The van der Waals surface area contributed by atoms with Crippen molar-refractivity contribution in [2.75, 3.05) is 5.32 Å². The highest BCUT2D eigenvalue weighted by molar-refractivity contribution is 7.18. The van der Waals surface area contributed by atoms with Gasteiger partial charge in [0.05, 0.1) is 9.21 Å². The summed E-state index contributed by atoms with van der Waals surface area (Å²) in [6.07, 6.45) is 5.09. The standard InChI is InChI=1S/C18H12ClN5O2S/c19-15-6-5-14(27-15)18(25)21-12-1-3-13(4-2-12)26-17-8-7-16(22-23-17)24-10-9-20-11-24/h1-11H,(H,21,25). The Hall–Kier alpha value is -3.23. The monoisotopic (exact) mass is 397 g/mol. The van der Waals surface area contributed by atoms with Crippen molar-refractivity contribution in [3.05, 3.63) is 76.5 Å². The van der Waals surface area contributed by atoms with Gasteiger partial charge in [-0.1, -0.05) is 11.6 Å². The fourth-order valence-electron chi connectivity index (χ4n) is 2.26. The largest absolute Gasteiger partial charge is 0.438 e. The van der Waals surface area contributed by atoms with Crippen LogP contribution in [-0.2, 0) is 0 Å². The summed E-state index contributed by atoms with van der Waals surface area (Å²) in [6, 6.07) is 13.9. The van der Waals surface area contributed by atoms with E-state index >= 15 is 0 Å². The summed E-state index contributed by atoms with van der Waals surface area (Å²) in [5.74, 6) is 1.38. The third kappa shape index (κ3) is 4.13. The molecule has 0 aliphatic rings. The van der Waals surface area contributed by atoms with Gasteiger partial charge in [0, 0.05) is 24.1 Å². The molecule has 1 aromatic carbocycles. The molecule has 0 aliphatic carbocycles. The molecule has 3 aromatic heterocycles. The number of thiophene rings is 1. The predicted octanol–water partition coefficient (Wildman–Crippen LogP) is 4.42. The fraction of sp³-hybridized carbons (Fsp3) is 0. The number of halogens is 1. The van der Waals surface area contributed by atoms with Crippen LogP contribution >= 0.6 is 22.9 Å². The van der Waals surface area contributed by atoms with E-state index in [4.69, 9.17) is 16.3 Å². The molecule has 4 aromatic rings. The van der Waals surface area contributed by atoms with E-state index in [0.717, 1.165) is 0 Å². The zero-order valence-corrected chi connectivity index (χ0v) is 15.3. The topological polar surface area (TPSA) is 81.9 Å². The molecule has 0 saturated carbocycles. The summed E-state index contributed by atoms with van der Waals surface area (Å²) >= 11 is 7.08. The van der Waals surface area contributed by atoms with Gasteiger partial charge < -0.3 is 10.1 Å². The lowest BCUT2D eigenvalue weighted by molar-refractivity contribution is 0.103. The second-order valence-electron chi connectivity index (χ2n) is 5.38. The average molecular weight is 398 g/mol. The summed E-state index contributed by atoms with van der Waals surface area (Å²) in [4.78, 5) is 16.6. The number of anilines is 1. The minimum atomic E-state index is -0.207. The van der Waals surface area contributed by atoms with E-state index in [1.807, 2.05) is 0 Å². The van der Waals surface area contributed by atoms with Gasteiger partial charge in [0.25, 0.3) is 5.91 Å². The summed E-state index contributed by atoms with van der Waals surface area (Å²) in [7, 11) is 0. The second kappa shape index (κ2) is 7.56. The quantitative estimate of drug-likeness (QED) is 0.539. The number of imidazole rings is 1. The first kappa shape index (κ1) is 17.2. The molecule has 134 valence electrons. The van der Waals surface area contributed by atoms with Gasteiger partial charge in [-0.25, -0.2) is 4.98 Å². The van der Waals surface area contributed by atoms with Crippen molar-refractivity contribution in [3.63, 3.8) is 0 Å². The highest BCUT2D eigenvalue weighted by Gasteiger charge is 2.09. The van der Waals surface area contributed by atoms with Gasteiger partial charge in [0.1, 0.15) is 12.1 Å². The molecule has 3 heterocycles. The van der Waals surface area contributed by atoms with Crippen LogP contribution in [0.25, 0.3) is 5.82 Å². The van der Waals surface area contributed by atoms with Crippen LogP contribution in [0.1, 0.15) is 9.67 Å². The molecule has 0 unspecified atom stereocenters. The number of ether oxygens (including phenoxy) is 1. The number of carbonyl (C=O) groups excluding carboxylic acids is 1. The molecule has 7 nitrogen and oxygen atoms in total. The first-order chi connectivity index (χ1) is 13.2. The van der Waals surface area contributed by atoms with Crippen LogP contribution in [0.5, 0.6) is 11.6 Å². The van der Waals surface area contributed by atoms with Gasteiger partial charge in [0.15, 0.2) is 5.82 Å². The van der Waals surface area contributed by atoms with Crippen molar-refractivity contribution in [2.45, 2.75) is 0 Å². The lowest BCUT2D eigenvalue weighted by Gasteiger charge is -2.07. The Bertz CT molecular complexity index is 1050. The zero-order chi connectivity index (χ0) is 18.6. The smallest absolute Gasteiger partial charge is 0.265 e. The van der Waals surface area contributed by atoms with Crippen molar-refractivity contribution >= 4 is 34.5 Å². The molecular weight excluding hydrogens is 386 g/mol. The zero-order valence-electron chi connectivity index (χ0n) is 13.7. The number of amides is 1. The van der Waals surface area contributed by atoms with Crippen molar-refractivity contribution in [2.24, 2.45) is 0 Å². The van der Waals surface area contributed by atoms with Crippen molar-refractivity contribution in [3.8, 4) is 17.4 Å². The highest BCUT2D eigenvalue weighted by Crippen LogP contribution is 2.24. The van der Waals surface area contributed by atoms with Crippen LogP contribution in [0.15, 0.2) is 67.3 Å². The molecular formula is C18H12ClN5O2S. The first-order valence-corrected chi connectivity index (χ1v) is 9.03. The summed E-state index contributed by atoms with van der Waals surface area (Å²) < 4.78 is 7.99. The van der Waals surface area contributed by atoms with E-state index in [1.54, 1.807) is 71.8 Å². The number of hydrogen-bond donors (Lipinski definition) is 1. The Morgan fingerprint density at radius 1 is 1.07 bits per heavy atom. The van der Waals surface area contributed by atoms with Crippen LogP contribution < -0.4 is 10.1 Å². The molecule has 0 atom stereocenters. The van der Waals surface area contributed by atoms with Crippen LogP contribution in [0.3, 0.4) is 0 Å². The lowest BCUT2D eigenvalue weighted by Crippen LogP contribution is -2.09. The maximum Gasteiger partial charge on any atom is 0.265 e. The van der Waals surface area contributed by atoms with Gasteiger partial charge in [-0.05, 0) is 42.5 Å². The van der Waals surface area contributed by atoms with Crippen molar-refractivity contribution < 1.29 is 9.53 Å². The Morgan fingerprint density at radius 2 is 1.93 bits per heavy atom. The van der Waals surface area contributed by atoms with E-state index < -0.39 is 0 Å². The van der Waals surface area contributed by atoms with Crippen molar-refractivity contribution in [1.82, 2.24) is 19.7 Å². The molecule has 0 fully saturated rings. The SMILES string of the molecule is O=C(Nc1ccc(Oc2ccc(-n3ccnc3)nn2)cc1)c1ccc(Cl)s1. The van der Waals surface area contributed by atoms with Crippen LogP contribution in [0, 0.1) is 0 Å². The van der Waals surface area contributed by atoms with E-state index in [0.29, 0.717) is 32.3 Å². The molecule has 1 amide bonds. The summed E-state index contributed by atoms with van der Waals surface area (Å²) in [5.41, 5.74) is 0.651.